The third kappa shape index (κ3) is 5.27. The second-order valence-corrected chi connectivity index (χ2v) is 4.56. The first kappa shape index (κ1) is 12.0. The Morgan fingerprint density at radius 2 is 1.38 bits per heavy atom. The van der Waals surface area contributed by atoms with E-state index in [-0.39, 0.29) is 0 Å². The van der Waals surface area contributed by atoms with Crippen molar-refractivity contribution in [1.29, 1.82) is 0 Å². The molecule has 0 aromatic carbocycles. The van der Waals surface area contributed by atoms with Gasteiger partial charge in [0.15, 0.2) is 0 Å². The normalized spacial score (nSPS) is 18.5. The van der Waals surface area contributed by atoms with E-state index >= 15 is 0 Å². The molecule has 0 aliphatic heterocycles. The summed E-state index contributed by atoms with van der Waals surface area (Å²) in [6.07, 6.45) is 11.1. The van der Waals surface area contributed by atoms with Crippen molar-refractivity contribution in [2.45, 2.75) is 0 Å². The molecule has 1 N–H and O–H groups in total. The van der Waals surface area contributed by atoms with Gasteiger partial charge in [-0.25, -0.2) is 9.13 Å². The first-order chi connectivity index (χ1) is 5.83. The molecule has 0 amide bonds. The maximum Gasteiger partial charge on any atom is 0.515 e. The van der Waals surface area contributed by atoms with Crippen molar-refractivity contribution in [1.82, 2.24) is 4.86 Å². The fourth-order valence-electron chi connectivity index (χ4n) is 0.319. The van der Waals surface area contributed by atoms with Crippen LogP contribution in [0.4, 0.5) is 8.39 Å². The topological polar surface area (TPSA) is 64.6 Å². The monoisotopic (exact) mass is 229 g/mol. The molecular weight excluding hydrogens is 226 g/mol. The van der Waals surface area contributed by atoms with Crippen molar-refractivity contribution in [3.8, 4) is 25.1 Å². The zero-order valence-electron chi connectivity index (χ0n) is 5.94. The maximum absolute atomic E-state index is 12.4. The summed E-state index contributed by atoms with van der Waals surface area (Å²) in [6, 6.07) is 0. The van der Waals surface area contributed by atoms with Gasteiger partial charge in [-0.05, 0) is 0 Å². The van der Waals surface area contributed by atoms with Gasteiger partial charge in [-0.2, -0.15) is 0 Å². The summed E-state index contributed by atoms with van der Waals surface area (Å²) in [4.78, 5) is 0.783. The van der Waals surface area contributed by atoms with Crippen LogP contribution in [0.15, 0.2) is 0 Å². The zero-order valence-corrected chi connectivity index (χ0v) is 7.73. The average Bonchev–Trinajstić information content (AvgIpc) is 1.82. The maximum atomic E-state index is 12.4. The molecule has 0 aromatic heterocycles. The Morgan fingerprint density at radius 1 is 1.08 bits per heavy atom. The van der Waals surface area contributed by atoms with Gasteiger partial charge in [0.25, 0.3) is 0 Å². The Morgan fingerprint density at radius 3 is 1.62 bits per heavy atom. The Bertz CT molecular complexity index is 322. The first-order valence-electron chi connectivity index (χ1n) is 2.50. The van der Waals surface area contributed by atoms with E-state index in [4.69, 9.17) is 0 Å². The number of hydrogen-bond acceptors (Lipinski definition) is 4. The summed E-state index contributed by atoms with van der Waals surface area (Å²) in [5.41, 5.74) is 0. The highest BCUT2D eigenvalue weighted by Gasteiger charge is 2.37. The van der Waals surface area contributed by atoms with Crippen LogP contribution in [0.3, 0.4) is 0 Å². The van der Waals surface area contributed by atoms with Gasteiger partial charge >= 0.3 is 15.7 Å². The summed E-state index contributed by atoms with van der Waals surface area (Å²) < 4.78 is 52.6. The van der Waals surface area contributed by atoms with E-state index in [1.54, 1.807) is 0 Å². The summed E-state index contributed by atoms with van der Waals surface area (Å²) in [5.74, 6) is 0. The van der Waals surface area contributed by atoms with E-state index in [1.165, 1.54) is 12.2 Å². The van der Waals surface area contributed by atoms with E-state index in [0.29, 0.717) is 0 Å². The van der Waals surface area contributed by atoms with Crippen molar-refractivity contribution >= 4 is 15.7 Å². The molecule has 0 aromatic rings. The molecule has 9 heteroatoms. The van der Waals surface area contributed by atoms with Crippen LogP contribution < -0.4 is 4.86 Å². The molecule has 0 saturated heterocycles. The van der Waals surface area contributed by atoms with Crippen molar-refractivity contribution < 1.29 is 26.6 Å². The van der Waals surface area contributed by atoms with E-state index in [1.807, 2.05) is 0 Å². The van der Waals surface area contributed by atoms with Crippen molar-refractivity contribution in [2.24, 2.45) is 0 Å². The first-order valence-corrected chi connectivity index (χ1v) is 5.53. The largest absolute Gasteiger partial charge is 0.515 e. The Kier molecular flexibility index (Phi) is 3.97. The predicted octanol–water partition coefficient (Wildman–Crippen LogP) is 1.95. The highest BCUT2D eigenvalue weighted by Crippen LogP contribution is 2.58. The minimum absolute atomic E-state index is 0.783. The van der Waals surface area contributed by atoms with Gasteiger partial charge < -0.3 is 9.05 Å². The Hall–Kier alpha value is -1.00. The molecule has 2 unspecified atom stereocenters. The molecule has 0 spiro atoms. The second-order valence-electron chi connectivity index (χ2n) is 1.48. The standard InChI is InChI=1S/C4H3F2NO4P2/c1-3-10-12(5,8)7-13(6,9)11-4-2/h1-2H,(H,7,8,9). The van der Waals surface area contributed by atoms with Crippen LogP contribution in [0, 0.1) is 25.1 Å². The molecular formula is C4H3F2NO4P2. The van der Waals surface area contributed by atoms with E-state index in [9.17, 15) is 17.5 Å². The zero-order chi connectivity index (χ0) is 10.5. The predicted molar refractivity (Wildman–Crippen MR) is 40.4 cm³/mol. The number of nitrogens with one attached hydrogen (secondary N) is 1. The molecule has 0 heterocycles. The minimum Gasteiger partial charge on any atom is -0.356 e. The van der Waals surface area contributed by atoms with Gasteiger partial charge in [0.1, 0.15) is 12.2 Å². The molecule has 0 fully saturated rings. The lowest BCUT2D eigenvalue weighted by molar-refractivity contribution is 0.383. The molecule has 0 aliphatic carbocycles. The fraction of sp³-hybridized carbons (Fsp3) is 0. The highest BCUT2D eigenvalue weighted by molar-refractivity contribution is 7.67. The number of rotatable bonds is 4. The van der Waals surface area contributed by atoms with Gasteiger partial charge in [-0.1, -0.05) is 17.7 Å². The van der Waals surface area contributed by atoms with Crippen LogP contribution in [-0.2, 0) is 18.2 Å². The molecule has 13 heavy (non-hydrogen) atoms. The molecule has 2 atom stereocenters. The van der Waals surface area contributed by atoms with Gasteiger partial charge in [-0.15, -0.1) is 8.39 Å². The second kappa shape index (κ2) is 4.30. The molecule has 5 nitrogen and oxygen atoms in total. The summed E-state index contributed by atoms with van der Waals surface area (Å²) in [5, 5.41) is 0. The molecule has 0 rings (SSSR count). The van der Waals surface area contributed by atoms with Gasteiger partial charge in [0, 0.05) is 0 Å². The van der Waals surface area contributed by atoms with Crippen molar-refractivity contribution in [2.75, 3.05) is 0 Å². The van der Waals surface area contributed by atoms with E-state index < -0.39 is 15.7 Å². The van der Waals surface area contributed by atoms with Gasteiger partial charge in [-0.3, -0.25) is 0 Å². The third-order valence-corrected chi connectivity index (χ3v) is 3.17. The van der Waals surface area contributed by atoms with Gasteiger partial charge in [0.05, 0.1) is 0 Å². The Labute approximate surface area is 73.1 Å². The molecule has 0 radical (unpaired) electrons. The van der Waals surface area contributed by atoms with Gasteiger partial charge in [0.2, 0.25) is 0 Å². The fourth-order valence-corrected chi connectivity index (χ4v) is 2.06. The molecule has 72 valence electrons. The molecule has 0 saturated carbocycles. The van der Waals surface area contributed by atoms with Crippen LogP contribution in [0.5, 0.6) is 0 Å². The Balaban J connectivity index is 4.47. The summed E-state index contributed by atoms with van der Waals surface area (Å²) >= 11 is 0. The van der Waals surface area contributed by atoms with E-state index in [2.05, 4.69) is 21.9 Å². The van der Waals surface area contributed by atoms with Crippen LogP contribution in [0.2, 0.25) is 0 Å². The highest BCUT2D eigenvalue weighted by atomic mass is 31.3. The minimum atomic E-state index is -5.19. The lowest BCUT2D eigenvalue weighted by Crippen LogP contribution is -2.03. The average molecular weight is 229 g/mol. The van der Waals surface area contributed by atoms with E-state index in [0.717, 1.165) is 4.86 Å². The molecule has 0 bridgehead atoms. The van der Waals surface area contributed by atoms with Crippen LogP contribution >= 0.6 is 15.7 Å². The van der Waals surface area contributed by atoms with Crippen molar-refractivity contribution in [3.63, 3.8) is 0 Å². The SMILES string of the molecule is C#COP(=O)(F)NP(=O)(F)OC#C. The van der Waals surface area contributed by atoms with Crippen LogP contribution in [-0.4, -0.2) is 0 Å². The third-order valence-electron chi connectivity index (χ3n) is 0.579. The molecule has 0 aliphatic rings. The van der Waals surface area contributed by atoms with Crippen LogP contribution in [0.25, 0.3) is 0 Å². The quantitative estimate of drug-likeness (QED) is 0.589. The lowest BCUT2D eigenvalue weighted by atomic mass is 11.3. The number of hydrogen-bond donors (Lipinski definition) is 1. The summed E-state index contributed by atoms with van der Waals surface area (Å²) in [7, 11) is -10.4. The van der Waals surface area contributed by atoms with Crippen molar-refractivity contribution in [3.05, 3.63) is 0 Å². The lowest BCUT2D eigenvalue weighted by Gasteiger charge is -2.08. The number of halogens is 2. The summed E-state index contributed by atoms with van der Waals surface area (Å²) in [6.45, 7) is 0. The number of terminal acetylenes is 2. The van der Waals surface area contributed by atoms with Crippen LogP contribution in [0.1, 0.15) is 0 Å². The smallest absolute Gasteiger partial charge is 0.356 e.